The van der Waals surface area contributed by atoms with Gasteiger partial charge >= 0.3 is 0 Å². The van der Waals surface area contributed by atoms with E-state index >= 15 is 0 Å². The molecular formula is C7H12NO. The van der Waals surface area contributed by atoms with Gasteiger partial charge in [-0.25, -0.2) is 4.99 Å². The Kier molecular flexibility index (Phi) is 1.47. The van der Waals surface area contributed by atoms with Crippen molar-refractivity contribution in [3.8, 4) is 0 Å². The number of hydrogen-bond acceptors (Lipinski definition) is 2. The number of aliphatic imine (C=N–C) groups is 1. The molecule has 0 fully saturated rings. The van der Waals surface area contributed by atoms with Gasteiger partial charge in [0, 0.05) is 0 Å². The molecule has 1 radical (unpaired) electrons. The Labute approximate surface area is 55.9 Å². The quantitative estimate of drug-likeness (QED) is 0.480. The second kappa shape index (κ2) is 2.01. The lowest BCUT2D eigenvalue weighted by atomic mass is 9.88. The van der Waals surface area contributed by atoms with Crippen molar-refractivity contribution in [1.82, 2.24) is 0 Å². The highest BCUT2D eigenvalue weighted by atomic mass is 16.5. The van der Waals surface area contributed by atoms with Crippen molar-refractivity contribution < 1.29 is 4.74 Å². The second-order valence-corrected chi connectivity index (χ2v) is 3.41. The molecule has 0 saturated carbocycles. The summed E-state index contributed by atoms with van der Waals surface area (Å²) >= 11 is 0. The van der Waals surface area contributed by atoms with E-state index in [9.17, 15) is 0 Å². The molecule has 1 atom stereocenters. The van der Waals surface area contributed by atoms with Gasteiger partial charge in [0.1, 0.15) is 6.61 Å². The zero-order chi connectivity index (χ0) is 6.91. The van der Waals surface area contributed by atoms with Crippen molar-refractivity contribution in [2.75, 3.05) is 6.61 Å². The normalized spacial score (nSPS) is 26.3. The molecule has 0 aromatic heterocycles. The number of rotatable bonds is 0. The summed E-state index contributed by atoms with van der Waals surface area (Å²) in [6, 6.07) is 0.303. The monoisotopic (exact) mass is 126 g/mol. The van der Waals surface area contributed by atoms with Gasteiger partial charge in [0.2, 0.25) is 0 Å². The SMILES string of the molecule is CC(C)(C)[C@@H]1CO[C]=N1. The molecule has 0 aromatic rings. The third-order valence-electron chi connectivity index (χ3n) is 1.51. The van der Waals surface area contributed by atoms with E-state index in [2.05, 4.69) is 32.2 Å². The summed E-state index contributed by atoms with van der Waals surface area (Å²) in [4.78, 5) is 4.03. The molecule has 1 aliphatic rings. The lowest BCUT2D eigenvalue weighted by molar-refractivity contribution is 0.239. The van der Waals surface area contributed by atoms with Gasteiger partial charge in [-0.2, -0.15) is 0 Å². The van der Waals surface area contributed by atoms with Crippen LogP contribution in [0.3, 0.4) is 0 Å². The Morgan fingerprint density at radius 3 is 2.44 bits per heavy atom. The fraction of sp³-hybridized carbons (Fsp3) is 0.857. The van der Waals surface area contributed by atoms with Gasteiger partial charge in [-0.1, -0.05) is 20.8 Å². The van der Waals surface area contributed by atoms with Crippen LogP contribution in [0.5, 0.6) is 0 Å². The molecule has 0 N–H and O–H groups in total. The smallest absolute Gasteiger partial charge is 0.273 e. The molecule has 0 amide bonds. The van der Waals surface area contributed by atoms with E-state index in [1.165, 1.54) is 0 Å². The van der Waals surface area contributed by atoms with Gasteiger partial charge in [-0.15, -0.1) is 0 Å². The number of ether oxygens (including phenoxy) is 1. The Hall–Kier alpha value is -0.530. The van der Waals surface area contributed by atoms with Crippen molar-refractivity contribution in [3.63, 3.8) is 0 Å². The molecule has 0 aliphatic carbocycles. The van der Waals surface area contributed by atoms with Crippen molar-refractivity contribution in [2.24, 2.45) is 10.4 Å². The minimum atomic E-state index is 0.226. The maximum Gasteiger partial charge on any atom is 0.273 e. The van der Waals surface area contributed by atoms with Crippen molar-refractivity contribution in [2.45, 2.75) is 26.8 Å². The van der Waals surface area contributed by atoms with Gasteiger partial charge < -0.3 is 4.74 Å². The van der Waals surface area contributed by atoms with Crippen LogP contribution in [-0.2, 0) is 4.74 Å². The summed E-state index contributed by atoms with van der Waals surface area (Å²) in [7, 11) is 0. The summed E-state index contributed by atoms with van der Waals surface area (Å²) in [5, 5.41) is 0. The third kappa shape index (κ3) is 1.44. The van der Waals surface area contributed by atoms with E-state index in [1.807, 2.05) is 0 Å². The van der Waals surface area contributed by atoms with Crippen LogP contribution in [0.25, 0.3) is 0 Å². The highest BCUT2D eigenvalue weighted by Crippen LogP contribution is 2.23. The van der Waals surface area contributed by atoms with Crippen LogP contribution in [0.15, 0.2) is 4.99 Å². The Bertz CT molecular complexity index is 123. The van der Waals surface area contributed by atoms with Crippen molar-refractivity contribution in [1.29, 1.82) is 0 Å². The maximum atomic E-state index is 4.87. The molecule has 0 spiro atoms. The van der Waals surface area contributed by atoms with E-state index in [1.54, 1.807) is 0 Å². The Morgan fingerprint density at radius 2 is 2.22 bits per heavy atom. The molecular weight excluding hydrogens is 114 g/mol. The van der Waals surface area contributed by atoms with Crippen LogP contribution < -0.4 is 0 Å². The van der Waals surface area contributed by atoms with Gasteiger partial charge in [0.15, 0.2) is 0 Å². The number of nitrogens with zero attached hydrogens (tertiary/aromatic N) is 1. The van der Waals surface area contributed by atoms with Gasteiger partial charge in [-0.05, 0) is 5.41 Å². The second-order valence-electron chi connectivity index (χ2n) is 3.41. The summed E-state index contributed by atoms with van der Waals surface area (Å²) < 4.78 is 4.87. The van der Waals surface area contributed by atoms with E-state index in [0.717, 1.165) is 0 Å². The average Bonchev–Trinajstić information content (AvgIpc) is 2.08. The van der Waals surface area contributed by atoms with Gasteiger partial charge in [-0.3, -0.25) is 0 Å². The molecule has 0 bridgehead atoms. The van der Waals surface area contributed by atoms with Crippen LogP contribution in [-0.4, -0.2) is 19.0 Å². The predicted octanol–water partition coefficient (Wildman–Crippen LogP) is 1.34. The first-order valence-electron chi connectivity index (χ1n) is 3.17. The third-order valence-corrected chi connectivity index (χ3v) is 1.51. The Morgan fingerprint density at radius 1 is 1.56 bits per heavy atom. The molecule has 2 nitrogen and oxygen atoms in total. The van der Waals surface area contributed by atoms with E-state index in [0.29, 0.717) is 12.6 Å². The fourth-order valence-electron chi connectivity index (χ4n) is 0.698. The van der Waals surface area contributed by atoms with Crippen LogP contribution >= 0.6 is 0 Å². The molecule has 2 heteroatoms. The first-order chi connectivity index (χ1) is 4.11. The molecule has 1 aliphatic heterocycles. The largest absolute Gasteiger partial charge is 0.472 e. The van der Waals surface area contributed by atoms with Crippen LogP contribution in [0.1, 0.15) is 20.8 Å². The summed E-state index contributed by atoms with van der Waals surface area (Å²) in [6.07, 6.45) is 2.50. The summed E-state index contributed by atoms with van der Waals surface area (Å²) in [5.74, 6) is 0. The zero-order valence-electron chi connectivity index (χ0n) is 6.14. The van der Waals surface area contributed by atoms with E-state index in [4.69, 9.17) is 4.74 Å². The maximum absolute atomic E-state index is 4.87. The first-order valence-corrected chi connectivity index (χ1v) is 3.17. The molecule has 1 heterocycles. The molecule has 0 aromatic carbocycles. The Balaban J connectivity index is 2.53. The van der Waals surface area contributed by atoms with Crippen molar-refractivity contribution >= 4 is 6.40 Å². The van der Waals surface area contributed by atoms with E-state index in [-0.39, 0.29) is 5.41 Å². The molecule has 0 saturated heterocycles. The average molecular weight is 126 g/mol. The summed E-state index contributed by atoms with van der Waals surface area (Å²) in [6.45, 7) is 7.15. The topological polar surface area (TPSA) is 21.6 Å². The zero-order valence-corrected chi connectivity index (χ0v) is 6.14. The lowest BCUT2D eigenvalue weighted by Crippen LogP contribution is -2.25. The summed E-state index contributed by atoms with van der Waals surface area (Å²) in [5.41, 5.74) is 0.226. The van der Waals surface area contributed by atoms with Crippen LogP contribution in [0.4, 0.5) is 0 Å². The fourth-order valence-corrected chi connectivity index (χ4v) is 0.698. The molecule has 0 unspecified atom stereocenters. The van der Waals surface area contributed by atoms with Gasteiger partial charge in [0.05, 0.1) is 6.04 Å². The standard InChI is InChI=1S/C7H12NO/c1-7(2,3)6-4-9-5-8-6/h6H,4H2,1-3H3/t6-/m0/s1. The predicted molar refractivity (Wildman–Crippen MR) is 36.6 cm³/mol. The minimum Gasteiger partial charge on any atom is -0.472 e. The van der Waals surface area contributed by atoms with E-state index < -0.39 is 0 Å². The molecule has 9 heavy (non-hydrogen) atoms. The minimum absolute atomic E-state index is 0.226. The highest BCUT2D eigenvalue weighted by Gasteiger charge is 2.26. The van der Waals surface area contributed by atoms with Crippen molar-refractivity contribution in [3.05, 3.63) is 0 Å². The van der Waals surface area contributed by atoms with Gasteiger partial charge in [0.25, 0.3) is 6.40 Å². The first kappa shape index (κ1) is 6.59. The molecule has 1 rings (SSSR count). The molecule has 51 valence electrons. The number of hydrogen-bond donors (Lipinski definition) is 0. The highest BCUT2D eigenvalue weighted by molar-refractivity contribution is 5.49. The van der Waals surface area contributed by atoms with Crippen LogP contribution in [0.2, 0.25) is 0 Å². The van der Waals surface area contributed by atoms with Crippen LogP contribution in [0, 0.1) is 5.41 Å². The lowest BCUT2D eigenvalue weighted by Gasteiger charge is -2.21.